The minimum Gasteiger partial charge on any atom is -0.489 e. The zero-order valence-electron chi connectivity index (χ0n) is 14.7. The molecule has 0 bridgehead atoms. The lowest BCUT2D eigenvalue weighted by Crippen LogP contribution is -2.25. The van der Waals surface area contributed by atoms with Gasteiger partial charge >= 0.3 is 0 Å². The number of hydrogen-bond donors (Lipinski definition) is 1. The lowest BCUT2D eigenvalue weighted by Gasteiger charge is -2.15. The molecule has 0 amide bonds. The second-order valence-electron chi connectivity index (χ2n) is 6.48. The molecule has 0 unspecified atom stereocenters. The number of nitrogen functional groups attached to an aromatic ring is 1. The second-order valence-corrected chi connectivity index (χ2v) is 6.48. The Bertz CT molecular complexity index is 935. The van der Waals surface area contributed by atoms with Gasteiger partial charge in [0.05, 0.1) is 5.39 Å². The van der Waals surface area contributed by atoms with Gasteiger partial charge < -0.3 is 10.5 Å². The van der Waals surface area contributed by atoms with Crippen molar-refractivity contribution in [1.82, 2.24) is 24.6 Å². The molecule has 1 aliphatic rings. The molecule has 2 N–H and O–H groups in total. The number of rotatable bonds is 5. The highest BCUT2D eigenvalue weighted by molar-refractivity contribution is 5.91. The van der Waals surface area contributed by atoms with E-state index in [1.807, 2.05) is 0 Å². The summed E-state index contributed by atoms with van der Waals surface area (Å²) in [6.45, 7) is 3.51. The summed E-state index contributed by atoms with van der Waals surface area (Å²) < 4.78 is 21.7. The molecule has 26 heavy (non-hydrogen) atoms. The van der Waals surface area contributed by atoms with E-state index in [0.29, 0.717) is 23.5 Å². The van der Waals surface area contributed by atoms with E-state index >= 15 is 0 Å². The van der Waals surface area contributed by atoms with E-state index in [-0.39, 0.29) is 11.7 Å². The monoisotopic (exact) mass is 356 g/mol. The van der Waals surface area contributed by atoms with E-state index in [2.05, 4.69) is 20.0 Å². The van der Waals surface area contributed by atoms with Crippen molar-refractivity contribution in [3.63, 3.8) is 0 Å². The first-order valence-corrected chi connectivity index (χ1v) is 8.72. The Morgan fingerprint density at radius 3 is 2.85 bits per heavy atom. The van der Waals surface area contributed by atoms with Crippen molar-refractivity contribution in [3.05, 3.63) is 30.2 Å². The van der Waals surface area contributed by atoms with E-state index in [0.717, 1.165) is 25.0 Å². The maximum Gasteiger partial charge on any atom is 0.222 e. The van der Waals surface area contributed by atoms with Gasteiger partial charge in [-0.05, 0) is 44.1 Å². The van der Waals surface area contributed by atoms with Crippen molar-refractivity contribution in [2.75, 3.05) is 32.0 Å². The first kappa shape index (κ1) is 16.7. The van der Waals surface area contributed by atoms with Crippen LogP contribution in [0.25, 0.3) is 22.3 Å². The molecular weight excluding hydrogens is 335 g/mol. The van der Waals surface area contributed by atoms with Gasteiger partial charge in [0.25, 0.3) is 0 Å². The fourth-order valence-corrected chi connectivity index (χ4v) is 3.32. The number of ether oxygens (including phenoxy) is 1. The van der Waals surface area contributed by atoms with Crippen molar-refractivity contribution in [2.45, 2.75) is 12.8 Å². The van der Waals surface area contributed by atoms with E-state index in [4.69, 9.17) is 10.5 Å². The van der Waals surface area contributed by atoms with Crippen LogP contribution in [0.4, 0.5) is 10.3 Å². The molecule has 8 heteroatoms. The summed E-state index contributed by atoms with van der Waals surface area (Å²) in [4.78, 5) is 10.5. The molecular formula is C18H21FN6O. The Balaban J connectivity index is 1.54. The normalized spacial score (nSPS) is 15.0. The average molecular weight is 356 g/mol. The number of anilines is 1. The standard InChI is InChI=1S/C18H21FN6O/c1-24-17-13(11-21-18(20)22-17)16(23-24)12-4-5-15(14(19)10-12)26-9-8-25-6-2-3-7-25/h4-5,10-11H,2-3,6-9H2,1H3,(H2,20,21,22). The molecule has 4 rings (SSSR count). The van der Waals surface area contributed by atoms with Crippen LogP contribution in [0.15, 0.2) is 24.4 Å². The fraction of sp³-hybridized carbons (Fsp3) is 0.389. The lowest BCUT2D eigenvalue weighted by molar-refractivity contribution is 0.231. The van der Waals surface area contributed by atoms with Crippen molar-refractivity contribution < 1.29 is 9.13 Å². The van der Waals surface area contributed by atoms with Crippen LogP contribution in [0.5, 0.6) is 5.75 Å². The molecule has 1 aromatic carbocycles. The zero-order chi connectivity index (χ0) is 18.1. The third-order valence-corrected chi connectivity index (χ3v) is 4.67. The maximum absolute atomic E-state index is 14.5. The fourth-order valence-electron chi connectivity index (χ4n) is 3.32. The molecule has 1 aliphatic heterocycles. The molecule has 0 spiro atoms. The van der Waals surface area contributed by atoms with Gasteiger partial charge in [-0.25, -0.2) is 14.1 Å². The summed E-state index contributed by atoms with van der Waals surface area (Å²) in [5.74, 6) is 0.0350. The molecule has 0 saturated carbocycles. The van der Waals surface area contributed by atoms with Crippen molar-refractivity contribution in [3.8, 4) is 17.0 Å². The van der Waals surface area contributed by atoms with Crippen LogP contribution in [0, 0.1) is 5.82 Å². The Morgan fingerprint density at radius 2 is 2.08 bits per heavy atom. The molecule has 3 heterocycles. The summed E-state index contributed by atoms with van der Waals surface area (Å²) in [7, 11) is 1.77. The van der Waals surface area contributed by atoms with Crippen LogP contribution in [0.1, 0.15) is 12.8 Å². The SMILES string of the molecule is Cn1nc(-c2ccc(OCCN3CCCC3)c(F)c2)c2cnc(N)nc21. The Hall–Kier alpha value is -2.74. The molecule has 0 atom stereocenters. The molecule has 2 aromatic heterocycles. The van der Waals surface area contributed by atoms with Crippen molar-refractivity contribution in [1.29, 1.82) is 0 Å². The minimum atomic E-state index is -0.404. The topological polar surface area (TPSA) is 82.1 Å². The van der Waals surface area contributed by atoms with Crippen LogP contribution in [-0.4, -0.2) is 50.9 Å². The van der Waals surface area contributed by atoms with Crippen LogP contribution >= 0.6 is 0 Å². The number of fused-ring (bicyclic) bond motifs is 1. The summed E-state index contributed by atoms with van der Waals surface area (Å²) in [5, 5.41) is 5.16. The Morgan fingerprint density at radius 1 is 1.27 bits per heavy atom. The largest absolute Gasteiger partial charge is 0.489 e. The first-order chi connectivity index (χ1) is 12.6. The molecule has 0 aliphatic carbocycles. The predicted molar refractivity (Wildman–Crippen MR) is 97.3 cm³/mol. The smallest absolute Gasteiger partial charge is 0.222 e. The van der Waals surface area contributed by atoms with Crippen molar-refractivity contribution in [2.24, 2.45) is 7.05 Å². The van der Waals surface area contributed by atoms with Gasteiger partial charge in [0.15, 0.2) is 17.2 Å². The van der Waals surface area contributed by atoms with Gasteiger partial charge in [-0.1, -0.05) is 0 Å². The number of aromatic nitrogens is 4. The minimum absolute atomic E-state index is 0.181. The summed E-state index contributed by atoms with van der Waals surface area (Å²) >= 11 is 0. The van der Waals surface area contributed by atoms with E-state index < -0.39 is 5.82 Å². The van der Waals surface area contributed by atoms with Crippen LogP contribution in [0.3, 0.4) is 0 Å². The third kappa shape index (κ3) is 3.20. The number of aryl methyl sites for hydroxylation is 1. The maximum atomic E-state index is 14.5. The first-order valence-electron chi connectivity index (χ1n) is 8.72. The molecule has 1 saturated heterocycles. The second kappa shape index (κ2) is 6.87. The van der Waals surface area contributed by atoms with Crippen LogP contribution < -0.4 is 10.5 Å². The lowest BCUT2D eigenvalue weighted by atomic mass is 10.1. The third-order valence-electron chi connectivity index (χ3n) is 4.67. The molecule has 1 fully saturated rings. The number of halogens is 1. The van der Waals surface area contributed by atoms with E-state index in [1.165, 1.54) is 18.9 Å². The number of hydrogen-bond acceptors (Lipinski definition) is 6. The number of nitrogens with zero attached hydrogens (tertiary/aromatic N) is 5. The van der Waals surface area contributed by atoms with Crippen molar-refractivity contribution >= 4 is 17.0 Å². The highest BCUT2D eigenvalue weighted by atomic mass is 19.1. The number of likely N-dealkylation sites (tertiary alicyclic amines) is 1. The Kier molecular flexibility index (Phi) is 4.42. The number of benzene rings is 1. The highest BCUT2D eigenvalue weighted by Crippen LogP contribution is 2.29. The number of nitrogens with two attached hydrogens (primary N) is 1. The highest BCUT2D eigenvalue weighted by Gasteiger charge is 2.16. The summed E-state index contributed by atoms with van der Waals surface area (Å²) in [6.07, 6.45) is 4.07. The van der Waals surface area contributed by atoms with Gasteiger partial charge in [0.2, 0.25) is 5.95 Å². The van der Waals surface area contributed by atoms with E-state index in [9.17, 15) is 4.39 Å². The summed E-state index contributed by atoms with van der Waals surface area (Å²) in [6, 6.07) is 4.88. The predicted octanol–water partition coefficient (Wildman–Crippen LogP) is 2.23. The summed E-state index contributed by atoms with van der Waals surface area (Å²) in [5.41, 5.74) is 7.51. The molecule has 7 nitrogen and oxygen atoms in total. The average Bonchev–Trinajstić information content (AvgIpc) is 3.25. The Labute approximate surface area is 150 Å². The molecule has 136 valence electrons. The van der Waals surface area contributed by atoms with Gasteiger partial charge in [-0.2, -0.15) is 10.1 Å². The van der Waals surface area contributed by atoms with Crippen LogP contribution in [0.2, 0.25) is 0 Å². The van der Waals surface area contributed by atoms with E-state index in [1.54, 1.807) is 30.1 Å². The zero-order valence-corrected chi connectivity index (χ0v) is 14.7. The molecule has 0 radical (unpaired) electrons. The van der Waals surface area contributed by atoms with Gasteiger partial charge in [-0.3, -0.25) is 4.90 Å². The van der Waals surface area contributed by atoms with Gasteiger partial charge in [0.1, 0.15) is 12.3 Å². The van der Waals surface area contributed by atoms with Gasteiger partial charge in [-0.15, -0.1) is 0 Å². The molecule has 3 aromatic rings. The quantitative estimate of drug-likeness (QED) is 0.755. The van der Waals surface area contributed by atoms with Gasteiger partial charge in [0, 0.05) is 25.4 Å². The van der Waals surface area contributed by atoms with Crippen LogP contribution in [-0.2, 0) is 7.05 Å².